The van der Waals surface area contributed by atoms with Gasteiger partial charge in [0.1, 0.15) is 0 Å². The maximum Gasteiger partial charge on any atom is 0.0384 e. The molecule has 0 amide bonds. The van der Waals surface area contributed by atoms with Gasteiger partial charge in [-0.1, -0.05) is 58.4 Å². The van der Waals surface area contributed by atoms with Gasteiger partial charge in [-0.25, -0.2) is 0 Å². The fourth-order valence-electron chi connectivity index (χ4n) is 3.07. The number of hydrogen-bond donors (Lipinski definition) is 1. The molecule has 0 aromatic heterocycles. The van der Waals surface area contributed by atoms with Crippen molar-refractivity contribution in [3.63, 3.8) is 0 Å². The van der Waals surface area contributed by atoms with Crippen molar-refractivity contribution in [2.24, 2.45) is 0 Å². The Morgan fingerprint density at radius 2 is 1.32 bits per heavy atom. The van der Waals surface area contributed by atoms with E-state index in [2.05, 4.69) is 101 Å². The molecule has 1 nitrogen and oxygen atoms in total. The van der Waals surface area contributed by atoms with Crippen LogP contribution in [0.25, 0.3) is 21.9 Å². The molecule has 0 heterocycles. The van der Waals surface area contributed by atoms with Crippen LogP contribution in [0.4, 0.5) is 11.4 Å². The molecule has 0 radical (unpaired) electrons. The molecular weight excluding hydrogens is 370 g/mol. The van der Waals surface area contributed by atoms with Crippen molar-refractivity contribution in [2.45, 2.75) is 6.92 Å². The predicted molar refractivity (Wildman–Crippen MR) is 112 cm³/mol. The Bertz CT molecular complexity index is 1020. The number of anilines is 2. The summed E-state index contributed by atoms with van der Waals surface area (Å²) in [5.74, 6) is 0. The molecule has 4 aromatic carbocycles. The summed E-state index contributed by atoms with van der Waals surface area (Å²) in [6.07, 6.45) is 0. The molecule has 0 saturated heterocycles. The standard InChI is InChI=1S/C23H18BrN/c1-16-3-2-4-19-15-18(7-14-23(16)19)17-5-10-21(11-6-17)25-22-12-8-20(24)9-13-22/h2-15,25H,1H3. The van der Waals surface area contributed by atoms with E-state index in [1.165, 1.54) is 27.5 Å². The highest BCUT2D eigenvalue weighted by Crippen LogP contribution is 2.28. The van der Waals surface area contributed by atoms with Crippen LogP contribution in [0.1, 0.15) is 5.56 Å². The van der Waals surface area contributed by atoms with Crippen molar-refractivity contribution >= 4 is 38.1 Å². The van der Waals surface area contributed by atoms with Crippen LogP contribution in [-0.2, 0) is 0 Å². The first-order valence-electron chi connectivity index (χ1n) is 8.31. The molecule has 0 spiro atoms. The first-order chi connectivity index (χ1) is 12.2. The van der Waals surface area contributed by atoms with Crippen molar-refractivity contribution in [3.8, 4) is 11.1 Å². The molecular formula is C23H18BrN. The van der Waals surface area contributed by atoms with Crippen LogP contribution in [0.15, 0.2) is 89.4 Å². The Morgan fingerprint density at radius 1 is 0.680 bits per heavy atom. The van der Waals surface area contributed by atoms with Crippen LogP contribution in [0, 0.1) is 6.92 Å². The highest BCUT2D eigenvalue weighted by atomic mass is 79.9. The first kappa shape index (κ1) is 15.9. The summed E-state index contributed by atoms with van der Waals surface area (Å²) in [7, 11) is 0. The number of benzene rings is 4. The molecule has 0 bridgehead atoms. The number of halogens is 1. The second kappa shape index (κ2) is 6.73. The Labute approximate surface area is 156 Å². The summed E-state index contributed by atoms with van der Waals surface area (Å²) in [5, 5.41) is 6.03. The van der Waals surface area contributed by atoms with Gasteiger partial charge in [0, 0.05) is 15.8 Å². The average molecular weight is 388 g/mol. The van der Waals surface area contributed by atoms with Gasteiger partial charge in [0.25, 0.3) is 0 Å². The summed E-state index contributed by atoms with van der Waals surface area (Å²) in [6.45, 7) is 2.16. The molecule has 4 rings (SSSR count). The van der Waals surface area contributed by atoms with E-state index in [4.69, 9.17) is 0 Å². The summed E-state index contributed by atoms with van der Waals surface area (Å²) in [4.78, 5) is 0. The minimum absolute atomic E-state index is 1.08. The second-order valence-electron chi connectivity index (χ2n) is 6.22. The highest BCUT2D eigenvalue weighted by molar-refractivity contribution is 9.10. The van der Waals surface area contributed by atoms with Gasteiger partial charge in [-0.3, -0.25) is 0 Å². The van der Waals surface area contributed by atoms with Crippen molar-refractivity contribution in [1.29, 1.82) is 0 Å². The van der Waals surface area contributed by atoms with Crippen LogP contribution < -0.4 is 5.32 Å². The molecule has 0 atom stereocenters. The van der Waals surface area contributed by atoms with Gasteiger partial charge in [0.2, 0.25) is 0 Å². The van der Waals surface area contributed by atoms with Crippen molar-refractivity contribution in [3.05, 3.63) is 95.0 Å². The zero-order chi connectivity index (χ0) is 17.2. The molecule has 0 aliphatic heterocycles. The van der Waals surface area contributed by atoms with Crippen molar-refractivity contribution in [1.82, 2.24) is 0 Å². The molecule has 1 N–H and O–H groups in total. The van der Waals surface area contributed by atoms with E-state index in [0.29, 0.717) is 0 Å². The SMILES string of the molecule is Cc1cccc2cc(-c3ccc(Nc4ccc(Br)cc4)cc3)ccc12. The van der Waals surface area contributed by atoms with Crippen LogP contribution in [0.5, 0.6) is 0 Å². The summed E-state index contributed by atoms with van der Waals surface area (Å²) < 4.78 is 1.08. The Morgan fingerprint density at radius 3 is 2.04 bits per heavy atom. The molecule has 0 aliphatic rings. The number of aryl methyl sites for hydroxylation is 1. The summed E-state index contributed by atoms with van der Waals surface area (Å²) >= 11 is 3.46. The number of rotatable bonds is 3. The zero-order valence-corrected chi connectivity index (χ0v) is 15.5. The van der Waals surface area contributed by atoms with Gasteiger partial charge in [0.05, 0.1) is 0 Å². The maximum atomic E-state index is 3.46. The summed E-state index contributed by atoms with van der Waals surface area (Å²) in [5.41, 5.74) is 5.95. The van der Waals surface area contributed by atoms with Crippen LogP contribution in [0.3, 0.4) is 0 Å². The van der Waals surface area contributed by atoms with Gasteiger partial charge >= 0.3 is 0 Å². The predicted octanol–water partition coefficient (Wildman–Crippen LogP) is 7.32. The molecule has 4 aromatic rings. The largest absolute Gasteiger partial charge is 0.356 e. The molecule has 25 heavy (non-hydrogen) atoms. The monoisotopic (exact) mass is 387 g/mol. The maximum absolute atomic E-state index is 3.46. The minimum atomic E-state index is 1.08. The smallest absolute Gasteiger partial charge is 0.0384 e. The molecule has 0 unspecified atom stereocenters. The highest BCUT2D eigenvalue weighted by Gasteiger charge is 2.02. The second-order valence-corrected chi connectivity index (χ2v) is 7.14. The Hall–Kier alpha value is -2.58. The van der Waals surface area contributed by atoms with E-state index in [1.54, 1.807) is 0 Å². The van der Waals surface area contributed by atoms with Gasteiger partial charge < -0.3 is 5.32 Å². The number of nitrogens with one attached hydrogen (secondary N) is 1. The lowest BCUT2D eigenvalue weighted by Gasteiger charge is -2.09. The molecule has 0 fully saturated rings. The van der Waals surface area contributed by atoms with Crippen LogP contribution in [-0.4, -0.2) is 0 Å². The first-order valence-corrected chi connectivity index (χ1v) is 9.11. The third-order valence-corrected chi connectivity index (χ3v) is 4.98. The van der Waals surface area contributed by atoms with Crippen molar-refractivity contribution < 1.29 is 0 Å². The lowest BCUT2D eigenvalue weighted by atomic mass is 9.99. The Kier molecular flexibility index (Phi) is 4.29. The third-order valence-electron chi connectivity index (χ3n) is 4.45. The molecule has 0 aliphatic carbocycles. The molecule has 2 heteroatoms. The van der Waals surface area contributed by atoms with Crippen LogP contribution in [0.2, 0.25) is 0 Å². The van der Waals surface area contributed by atoms with E-state index >= 15 is 0 Å². The van der Waals surface area contributed by atoms with Gasteiger partial charge in [-0.05, 0) is 76.9 Å². The lowest BCUT2D eigenvalue weighted by molar-refractivity contribution is 1.52. The van der Waals surface area contributed by atoms with E-state index in [0.717, 1.165) is 15.8 Å². The third kappa shape index (κ3) is 3.45. The van der Waals surface area contributed by atoms with Gasteiger partial charge in [0.15, 0.2) is 0 Å². The fraction of sp³-hybridized carbons (Fsp3) is 0.0435. The average Bonchev–Trinajstić information content (AvgIpc) is 2.64. The topological polar surface area (TPSA) is 12.0 Å². The normalized spacial score (nSPS) is 10.8. The lowest BCUT2D eigenvalue weighted by Crippen LogP contribution is -1.89. The van der Waals surface area contributed by atoms with E-state index in [-0.39, 0.29) is 0 Å². The molecule has 0 saturated carbocycles. The molecule has 122 valence electrons. The number of hydrogen-bond acceptors (Lipinski definition) is 1. The fourth-order valence-corrected chi connectivity index (χ4v) is 3.34. The summed E-state index contributed by atoms with van der Waals surface area (Å²) in [6, 6.07) is 29.9. The van der Waals surface area contributed by atoms with E-state index in [1.807, 2.05) is 12.1 Å². The van der Waals surface area contributed by atoms with Crippen LogP contribution >= 0.6 is 15.9 Å². The minimum Gasteiger partial charge on any atom is -0.356 e. The van der Waals surface area contributed by atoms with Gasteiger partial charge in [-0.2, -0.15) is 0 Å². The van der Waals surface area contributed by atoms with E-state index in [9.17, 15) is 0 Å². The van der Waals surface area contributed by atoms with Gasteiger partial charge in [-0.15, -0.1) is 0 Å². The number of fused-ring (bicyclic) bond motifs is 1. The van der Waals surface area contributed by atoms with Crippen molar-refractivity contribution in [2.75, 3.05) is 5.32 Å². The zero-order valence-electron chi connectivity index (χ0n) is 14.0. The quantitative estimate of drug-likeness (QED) is 0.388. The Balaban J connectivity index is 1.60. The van der Waals surface area contributed by atoms with E-state index < -0.39 is 0 Å².